The SMILES string of the molecule is COc1c(Cl)cc(C(=O)OCC(=O)N2CCC[C@@H]3CCCC[C@H]32)cc1Cl. The Labute approximate surface area is 163 Å². The summed E-state index contributed by atoms with van der Waals surface area (Å²) < 4.78 is 10.3. The first-order chi connectivity index (χ1) is 12.5. The van der Waals surface area contributed by atoms with Crippen molar-refractivity contribution in [3.63, 3.8) is 0 Å². The van der Waals surface area contributed by atoms with E-state index in [1.54, 1.807) is 0 Å². The minimum atomic E-state index is -0.623. The van der Waals surface area contributed by atoms with Crippen molar-refractivity contribution in [3.05, 3.63) is 27.7 Å². The second-order valence-corrected chi connectivity index (χ2v) is 7.70. The zero-order valence-corrected chi connectivity index (χ0v) is 16.3. The minimum absolute atomic E-state index is 0.124. The van der Waals surface area contributed by atoms with Gasteiger partial charge in [-0.1, -0.05) is 36.0 Å². The van der Waals surface area contributed by atoms with E-state index in [9.17, 15) is 9.59 Å². The van der Waals surface area contributed by atoms with Gasteiger partial charge in [-0.15, -0.1) is 0 Å². The topological polar surface area (TPSA) is 55.8 Å². The van der Waals surface area contributed by atoms with Crippen LogP contribution in [0, 0.1) is 5.92 Å². The molecule has 0 aromatic heterocycles. The number of likely N-dealkylation sites (tertiary alicyclic amines) is 1. The maximum Gasteiger partial charge on any atom is 0.338 e. The minimum Gasteiger partial charge on any atom is -0.494 e. The molecule has 3 rings (SSSR count). The number of halogens is 2. The molecule has 2 aliphatic rings. The highest BCUT2D eigenvalue weighted by atomic mass is 35.5. The average molecular weight is 400 g/mol. The molecular weight excluding hydrogens is 377 g/mol. The van der Waals surface area contributed by atoms with Gasteiger partial charge in [0.05, 0.1) is 22.7 Å². The number of ether oxygens (including phenoxy) is 2. The summed E-state index contributed by atoms with van der Waals surface area (Å²) in [5.41, 5.74) is 0.197. The molecule has 1 saturated carbocycles. The fraction of sp³-hybridized carbons (Fsp3) is 0.579. The Morgan fingerprint density at radius 2 is 1.77 bits per heavy atom. The predicted octanol–water partition coefficient (Wildman–Crippen LogP) is 4.34. The lowest BCUT2D eigenvalue weighted by atomic mass is 9.78. The Kier molecular flexibility index (Phi) is 6.30. The van der Waals surface area contributed by atoms with Gasteiger partial charge >= 0.3 is 5.97 Å². The first-order valence-electron chi connectivity index (χ1n) is 9.01. The van der Waals surface area contributed by atoms with E-state index in [2.05, 4.69) is 0 Å². The normalized spacial score (nSPS) is 22.5. The first kappa shape index (κ1) is 19.3. The number of carbonyl (C=O) groups is 2. The van der Waals surface area contributed by atoms with Crippen LogP contribution in [0.15, 0.2) is 12.1 Å². The molecule has 0 N–H and O–H groups in total. The van der Waals surface area contributed by atoms with Crippen LogP contribution in [0.5, 0.6) is 5.75 Å². The van der Waals surface area contributed by atoms with Crippen molar-refractivity contribution < 1.29 is 19.1 Å². The second-order valence-electron chi connectivity index (χ2n) is 6.89. The third-order valence-corrected chi connectivity index (χ3v) is 5.89. The molecule has 142 valence electrons. The fourth-order valence-corrected chi connectivity index (χ4v) is 4.74. The molecule has 2 fully saturated rings. The number of esters is 1. The van der Waals surface area contributed by atoms with Crippen molar-refractivity contribution in [3.8, 4) is 5.75 Å². The fourth-order valence-electron chi connectivity index (χ4n) is 4.10. The van der Waals surface area contributed by atoms with Crippen LogP contribution in [0.2, 0.25) is 10.0 Å². The van der Waals surface area contributed by atoms with E-state index < -0.39 is 5.97 Å². The second kappa shape index (κ2) is 8.49. The monoisotopic (exact) mass is 399 g/mol. The summed E-state index contributed by atoms with van der Waals surface area (Å²) in [4.78, 5) is 26.8. The summed E-state index contributed by atoms with van der Waals surface area (Å²) in [6.07, 6.45) is 6.86. The van der Waals surface area contributed by atoms with Crippen molar-refractivity contribution in [2.24, 2.45) is 5.92 Å². The number of piperidine rings is 1. The van der Waals surface area contributed by atoms with E-state index in [1.165, 1.54) is 38.5 Å². The molecule has 5 nitrogen and oxygen atoms in total. The Balaban J connectivity index is 1.61. The summed E-state index contributed by atoms with van der Waals surface area (Å²) in [5, 5.41) is 0.443. The Bertz CT molecular complexity index is 669. The van der Waals surface area contributed by atoms with Gasteiger partial charge in [0, 0.05) is 12.6 Å². The van der Waals surface area contributed by atoms with E-state index >= 15 is 0 Å². The zero-order valence-electron chi connectivity index (χ0n) is 14.8. The Hall–Kier alpha value is -1.46. The highest BCUT2D eigenvalue weighted by molar-refractivity contribution is 6.37. The summed E-state index contributed by atoms with van der Waals surface area (Å²) in [6, 6.07) is 3.16. The maximum absolute atomic E-state index is 12.6. The van der Waals surface area contributed by atoms with E-state index in [4.69, 9.17) is 32.7 Å². The number of hydrogen-bond acceptors (Lipinski definition) is 4. The van der Waals surface area contributed by atoms with Crippen LogP contribution >= 0.6 is 23.2 Å². The maximum atomic E-state index is 12.6. The van der Waals surface area contributed by atoms with Gasteiger partial charge in [-0.2, -0.15) is 0 Å². The molecule has 1 aromatic rings. The Morgan fingerprint density at radius 1 is 1.12 bits per heavy atom. The molecule has 1 saturated heterocycles. The van der Waals surface area contributed by atoms with Crippen LogP contribution < -0.4 is 4.74 Å². The molecule has 1 amide bonds. The lowest BCUT2D eigenvalue weighted by molar-refractivity contribution is -0.140. The summed E-state index contributed by atoms with van der Waals surface area (Å²) >= 11 is 12.1. The number of nitrogens with zero attached hydrogens (tertiary/aromatic N) is 1. The zero-order chi connectivity index (χ0) is 18.7. The molecule has 1 aliphatic carbocycles. The van der Waals surface area contributed by atoms with E-state index in [0.29, 0.717) is 17.7 Å². The van der Waals surface area contributed by atoms with Crippen molar-refractivity contribution in [2.75, 3.05) is 20.3 Å². The van der Waals surface area contributed by atoms with Crippen LogP contribution in [0.25, 0.3) is 0 Å². The lowest BCUT2D eigenvalue weighted by Gasteiger charge is -2.44. The molecule has 0 bridgehead atoms. The van der Waals surface area contributed by atoms with Gasteiger partial charge in [-0.25, -0.2) is 4.79 Å². The number of amides is 1. The number of methoxy groups -OCH3 is 1. The quantitative estimate of drug-likeness (QED) is 0.706. The number of fused-ring (bicyclic) bond motifs is 1. The van der Waals surface area contributed by atoms with Crippen LogP contribution in [0.1, 0.15) is 48.9 Å². The van der Waals surface area contributed by atoms with Crippen molar-refractivity contribution >= 4 is 35.1 Å². The van der Waals surface area contributed by atoms with Gasteiger partial charge in [0.15, 0.2) is 12.4 Å². The molecule has 0 unspecified atom stereocenters. The van der Waals surface area contributed by atoms with Gasteiger partial charge < -0.3 is 14.4 Å². The van der Waals surface area contributed by atoms with E-state index in [0.717, 1.165) is 25.8 Å². The van der Waals surface area contributed by atoms with Crippen LogP contribution in [-0.4, -0.2) is 43.1 Å². The number of rotatable bonds is 4. The third-order valence-electron chi connectivity index (χ3n) is 5.33. The van der Waals surface area contributed by atoms with Gasteiger partial charge in [0.1, 0.15) is 0 Å². The van der Waals surface area contributed by atoms with E-state index in [-0.39, 0.29) is 28.1 Å². The molecule has 7 heteroatoms. The molecule has 26 heavy (non-hydrogen) atoms. The molecule has 1 aromatic carbocycles. The Morgan fingerprint density at radius 3 is 2.46 bits per heavy atom. The number of benzene rings is 1. The largest absolute Gasteiger partial charge is 0.494 e. The average Bonchev–Trinajstić information content (AvgIpc) is 2.65. The lowest BCUT2D eigenvalue weighted by Crippen LogP contribution is -2.50. The number of hydrogen-bond donors (Lipinski definition) is 0. The number of carbonyl (C=O) groups excluding carboxylic acids is 2. The van der Waals surface area contributed by atoms with Gasteiger partial charge in [-0.05, 0) is 43.7 Å². The summed E-state index contributed by atoms with van der Waals surface area (Å²) in [5.74, 6) is 0.150. The smallest absolute Gasteiger partial charge is 0.338 e. The van der Waals surface area contributed by atoms with Crippen molar-refractivity contribution in [2.45, 2.75) is 44.6 Å². The standard InChI is InChI=1S/C19H23Cl2NO4/c1-25-18-14(20)9-13(10-15(18)21)19(24)26-11-17(23)22-8-4-6-12-5-2-3-7-16(12)22/h9-10,12,16H,2-8,11H2,1H3/t12-,16+/m0/s1. The van der Waals surface area contributed by atoms with Crippen LogP contribution in [0.4, 0.5) is 0 Å². The van der Waals surface area contributed by atoms with Gasteiger partial charge in [-0.3, -0.25) is 4.79 Å². The highest BCUT2D eigenvalue weighted by Gasteiger charge is 2.35. The molecular formula is C19H23Cl2NO4. The first-order valence-corrected chi connectivity index (χ1v) is 9.76. The molecule has 0 spiro atoms. The van der Waals surface area contributed by atoms with Crippen LogP contribution in [0.3, 0.4) is 0 Å². The molecule has 1 aliphatic heterocycles. The highest BCUT2D eigenvalue weighted by Crippen LogP contribution is 2.36. The summed E-state index contributed by atoms with van der Waals surface area (Å²) in [7, 11) is 1.45. The molecule has 2 atom stereocenters. The molecule has 0 radical (unpaired) electrons. The van der Waals surface area contributed by atoms with E-state index in [1.807, 2.05) is 4.90 Å². The van der Waals surface area contributed by atoms with Gasteiger partial charge in [0.25, 0.3) is 5.91 Å². The summed E-state index contributed by atoms with van der Waals surface area (Å²) in [6.45, 7) is 0.487. The molecule has 1 heterocycles. The van der Waals surface area contributed by atoms with Crippen molar-refractivity contribution in [1.29, 1.82) is 0 Å². The van der Waals surface area contributed by atoms with Crippen molar-refractivity contribution in [1.82, 2.24) is 4.90 Å². The predicted molar refractivity (Wildman–Crippen MR) is 100.0 cm³/mol. The van der Waals surface area contributed by atoms with Gasteiger partial charge in [0.2, 0.25) is 0 Å². The van der Waals surface area contributed by atoms with Crippen LogP contribution in [-0.2, 0) is 9.53 Å². The third kappa shape index (κ3) is 4.09.